The Labute approximate surface area is 294 Å². The fourth-order valence-corrected chi connectivity index (χ4v) is 5.89. The molecule has 46 heavy (non-hydrogen) atoms. The van der Waals surface area contributed by atoms with E-state index < -0.39 is 158 Å². The van der Waals surface area contributed by atoms with Gasteiger partial charge in [-0.05, 0) is 99.7 Å². The van der Waals surface area contributed by atoms with Crippen LogP contribution in [0.3, 0.4) is 0 Å². The molecule has 0 heteroatoms. The predicted molar refractivity (Wildman–Crippen MR) is 198 cm³/mol. The summed E-state index contributed by atoms with van der Waals surface area (Å²) in [6, 6.07) is 7.71. The van der Waals surface area contributed by atoms with Gasteiger partial charge in [-0.25, -0.2) is 0 Å². The summed E-state index contributed by atoms with van der Waals surface area (Å²) in [6.45, 7) is 0. The number of hydrogen-bond donors (Lipinski definition) is 0. The molecule has 0 saturated heterocycles. The van der Waals surface area contributed by atoms with Crippen molar-refractivity contribution in [2.24, 2.45) is 0 Å². The number of fused-ring (bicyclic) bond motifs is 4. The monoisotopic (exact) mass is 600 g/mol. The molecule has 0 saturated carbocycles. The van der Waals surface area contributed by atoms with Crippen molar-refractivity contribution in [1.82, 2.24) is 0 Å². The summed E-state index contributed by atoms with van der Waals surface area (Å²) >= 11 is 0. The molecule has 0 radical (unpaired) electrons. The van der Waals surface area contributed by atoms with Crippen molar-refractivity contribution >= 4 is 43.1 Å². The van der Waals surface area contributed by atoms with Crippen LogP contribution in [0.25, 0.3) is 87.6 Å². The highest BCUT2D eigenvalue weighted by molar-refractivity contribution is 6.24. The van der Waals surface area contributed by atoms with Gasteiger partial charge in [-0.2, -0.15) is 0 Å². The average molecular weight is 601 g/mol. The summed E-state index contributed by atoms with van der Waals surface area (Å²) in [7, 11) is 0. The van der Waals surface area contributed by atoms with E-state index in [1.165, 1.54) is 0 Å². The molecular formula is C46H30. The lowest BCUT2D eigenvalue weighted by atomic mass is 9.83. The highest BCUT2D eigenvalue weighted by atomic mass is 14.2. The van der Waals surface area contributed by atoms with E-state index in [2.05, 4.69) is 0 Å². The first-order valence-electron chi connectivity index (χ1n) is 23.5. The number of benzene rings is 9. The van der Waals surface area contributed by atoms with Gasteiger partial charge in [-0.15, -0.1) is 0 Å². The van der Waals surface area contributed by atoms with E-state index in [-0.39, 0.29) is 22.1 Å². The average Bonchev–Trinajstić information content (AvgIpc) is 3.29. The molecule has 0 aromatic heterocycles. The Bertz CT molecular complexity index is 3550. The summed E-state index contributed by atoms with van der Waals surface area (Å²) in [5.41, 5.74) is -1.55. The van der Waals surface area contributed by atoms with Crippen LogP contribution in [0.5, 0.6) is 0 Å². The molecule has 0 aliphatic carbocycles. The van der Waals surface area contributed by atoms with E-state index in [9.17, 15) is 13.7 Å². The quantitative estimate of drug-likeness (QED) is 0.176. The van der Waals surface area contributed by atoms with E-state index in [1.54, 1.807) is 48.5 Å². The SMILES string of the molecule is [2H]c1c([2H])c(-c2c3c([2H])c([2H])c([2H])c([2H])c3c(-c3c([2H])c([2H])c([2H])c4c([2H])c([2H])c([2H])c([2H])c34)c3c([2H])c([2H])c(-c4ccccc4)c([2H])c23)c([2H])c([2H])c1-c1ccc2ccccc2c1. The maximum Gasteiger partial charge on any atom is 0.0636 e. The minimum absolute atomic E-state index is 0.0831. The predicted octanol–water partition coefficient (Wildman–Crippen LogP) is 13.0. The highest BCUT2D eigenvalue weighted by Crippen LogP contribution is 2.46. The third kappa shape index (κ3) is 4.38. The standard InChI is InChI=1S/C46H30/c1-2-11-31(12-3-1)38-27-28-43-44(30-38)45(35-24-21-33(22-25-35)37-26-23-32-13-4-5-15-36(32)29-37)41-18-8-9-19-42(41)46(43)40-20-10-16-34-14-6-7-17-39(34)40/h1-30H/i6D,7D,8D,9D,10D,14D,16D,17D,18D,19D,20D,21D,22D,24D,25D,27D,28D,30D. The minimum atomic E-state index is -0.833. The maximum absolute atomic E-state index is 9.95. The third-order valence-corrected chi connectivity index (χ3v) is 8.04. The van der Waals surface area contributed by atoms with Crippen molar-refractivity contribution in [2.45, 2.75) is 0 Å². The Kier molecular flexibility index (Phi) is 3.30. The summed E-state index contributed by atoms with van der Waals surface area (Å²) in [6.07, 6.45) is 0. The van der Waals surface area contributed by atoms with Gasteiger partial charge in [0, 0.05) is 0 Å². The van der Waals surface area contributed by atoms with Crippen molar-refractivity contribution in [1.29, 1.82) is 0 Å². The van der Waals surface area contributed by atoms with E-state index in [0.29, 0.717) is 5.56 Å². The first-order valence-corrected chi connectivity index (χ1v) is 14.5. The van der Waals surface area contributed by atoms with Gasteiger partial charge in [-0.1, -0.05) is 169 Å². The second-order valence-electron chi connectivity index (χ2n) is 10.7. The van der Waals surface area contributed by atoms with Gasteiger partial charge in [0.05, 0.1) is 24.7 Å². The zero-order valence-corrected chi connectivity index (χ0v) is 23.9. The lowest BCUT2D eigenvalue weighted by molar-refractivity contribution is 1.62. The van der Waals surface area contributed by atoms with Gasteiger partial charge in [-0.3, -0.25) is 0 Å². The smallest absolute Gasteiger partial charge is 0.0622 e. The normalized spacial score (nSPS) is 17.0. The van der Waals surface area contributed by atoms with Gasteiger partial charge >= 0.3 is 0 Å². The topological polar surface area (TPSA) is 0 Å². The molecule has 9 aromatic rings. The molecule has 0 fully saturated rings. The van der Waals surface area contributed by atoms with E-state index >= 15 is 0 Å². The largest absolute Gasteiger partial charge is 0.0636 e. The molecular weight excluding hydrogens is 553 g/mol. The fraction of sp³-hybridized carbons (Fsp3) is 0. The third-order valence-electron chi connectivity index (χ3n) is 8.04. The van der Waals surface area contributed by atoms with Crippen LogP contribution in [-0.4, -0.2) is 0 Å². The molecule has 0 aliphatic rings. The molecule has 9 rings (SSSR count). The van der Waals surface area contributed by atoms with Crippen LogP contribution in [0, 0.1) is 0 Å². The van der Waals surface area contributed by atoms with E-state index in [4.69, 9.17) is 11.0 Å². The molecule has 0 spiro atoms. The zero-order valence-electron chi connectivity index (χ0n) is 41.9. The van der Waals surface area contributed by atoms with E-state index in [0.717, 1.165) is 10.8 Å². The van der Waals surface area contributed by atoms with Gasteiger partial charge in [0.25, 0.3) is 0 Å². The van der Waals surface area contributed by atoms with Crippen molar-refractivity contribution in [3.05, 3.63) is 182 Å². The molecule has 0 unspecified atom stereocenters. The second-order valence-corrected chi connectivity index (χ2v) is 10.7. The lowest BCUT2D eigenvalue weighted by Gasteiger charge is -2.20. The summed E-state index contributed by atoms with van der Waals surface area (Å²) in [4.78, 5) is 0. The van der Waals surface area contributed by atoms with Crippen molar-refractivity contribution < 1.29 is 24.7 Å². The van der Waals surface area contributed by atoms with Gasteiger partial charge < -0.3 is 0 Å². The van der Waals surface area contributed by atoms with Gasteiger partial charge in [0.15, 0.2) is 0 Å². The lowest BCUT2D eigenvalue weighted by Crippen LogP contribution is -1.92. The van der Waals surface area contributed by atoms with Crippen molar-refractivity contribution in [2.75, 3.05) is 0 Å². The summed E-state index contributed by atoms with van der Waals surface area (Å²) in [5, 5.41) is -1.22. The Morgan fingerprint density at radius 3 is 1.78 bits per heavy atom. The van der Waals surface area contributed by atoms with Crippen molar-refractivity contribution in [3.63, 3.8) is 0 Å². The Morgan fingerprint density at radius 2 is 0.957 bits per heavy atom. The molecule has 0 aliphatic heterocycles. The Hall–Kier alpha value is -5.98. The molecule has 9 aromatic carbocycles. The molecule has 0 bridgehead atoms. The number of rotatable bonds is 4. The van der Waals surface area contributed by atoms with Crippen LogP contribution in [0.15, 0.2) is 182 Å². The molecule has 0 N–H and O–H groups in total. The summed E-state index contributed by atoms with van der Waals surface area (Å²) in [5.74, 6) is 0. The Morgan fingerprint density at radius 1 is 0.326 bits per heavy atom. The van der Waals surface area contributed by atoms with Gasteiger partial charge in [0.1, 0.15) is 0 Å². The molecule has 0 heterocycles. The molecule has 214 valence electrons. The fourth-order valence-electron chi connectivity index (χ4n) is 5.89. The van der Waals surface area contributed by atoms with Crippen LogP contribution >= 0.6 is 0 Å². The highest BCUT2D eigenvalue weighted by Gasteiger charge is 2.19. The van der Waals surface area contributed by atoms with Crippen LogP contribution in [-0.2, 0) is 0 Å². The van der Waals surface area contributed by atoms with Crippen LogP contribution in [0.1, 0.15) is 24.7 Å². The molecule has 0 amide bonds. The molecule has 0 atom stereocenters. The Balaban J connectivity index is 1.61. The van der Waals surface area contributed by atoms with Gasteiger partial charge in [0.2, 0.25) is 0 Å². The second kappa shape index (κ2) is 10.9. The zero-order chi connectivity index (χ0) is 46.1. The van der Waals surface area contributed by atoms with Crippen molar-refractivity contribution in [3.8, 4) is 44.5 Å². The maximum atomic E-state index is 9.95. The number of hydrogen-bond acceptors (Lipinski definition) is 0. The first-order chi connectivity index (χ1) is 30.3. The summed E-state index contributed by atoms with van der Waals surface area (Å²) < 4.78 is 166. The van der Waals surface area contributed by atoms with E-state index in [1.807, 2.05) is 24.3 Å². The first kappa shape index (κ1) is 14.0. The van der Waals surface area contributed by atoms with Crippen LogP contribution in [0.4, 0.5) is 0 Å². The minimum Gasteiger partial charge on any atom is -0.0622 e. The van der Waals surface area contributed by atoms with Crippen LogP contribution < -0.4 is 0 Å². The van der Waals surface area contributed by atoms with Crippen LogP contribution in [0.2, 0.25) is 0 Å². The molecule has 0 nitrogen and oxygen atoms in total.